The average molecular weight is 450 g/mol. The predicted octanol–water partition coefficient (Wildman–Crippen LogP) is 6.56. The number of halogens is 6. The van der Waals surface area contributed by atoms with Gasteiger partial charge < -0.3 is 5.32 Å². The van der Waals surface area contributed by atoms with Crippen LogP contribution >= 0.6 is 54.8 Å². The Morgan fingerprint density at radius 3 is 2.40 bits per heavy atom. The van der Waals surface area contributed by atoms with Crippen LogP contribution in [0.25, 0.3) is 0 Å². The molecule has 0 radical (unpaired) electrons. The van der Waals surface area contributed by atoms with Crippen LogP contribution in [0.2, 0.25) is 4.34 Å². The van der Waals surface area contributed by atoms with Gasteiger partial charge in [-0.1, -0.05) is 27.5 Å². The Labute approximate surface area is 139 Å². The van der Waals surface area contributed by atoms with Crippen LogP contribution in [0.3, 0.4) is 0 Å². The van der Waals surface area contributed by atoms with Crippen molar-refractivity contribution in [3.8, 4) is 0 Å². The van der Waals surface area contributed by atoms with Gasteiger partial charge in [-0.3, -0.25) is 0 Å². The van der Waals surface area contributed by atoms with E-state index in [-0.39, 0.29) is 4.47 Å². The van der Waals surface area contributed by atoms with Gasteiger partial charge in [-0.05, 0) is 40.2 Å². The monoisotopic (exact) mass is 447 g/mol. The Bertz CT molecular complexity index is 608. The molecule has 0 aliphatic rings. The molecule has 2 aromatic rings. The third-order valence-electron chi connectivity index (χ3n) is 2.43. The molecule has 1 nitrogen and oxygen atoms in total. The van der Waals surface area contributed by atoms with Gasteiger partial charge in [0, 0.05) is 26.1 Å². The van der Waals surface area contributed by atoms with E-state index in [0.29, 0.717) is 16.6 Å². The molecule has 8 heteroatoms. The molecule has 0 saturated carbocycles. The van der Waals surface area contributed by atoms with Crippen molar-refractivity contribution >= 4 is 60.5 Å². The molecule has 20 heavy (non-hydrogen) atoms. The largest absolute Gasteiger partial charge is 0.417 e. The maximum Gasteiger partial charge on any atom is 0.417 e. The maximum atomic E-state index is 12.8. The van der Waals surface area contributed by atoms with E-state index in [1.807, 2.05) is 6.07 Å². The summed E-state index contributed by atoms with van der Waals surface area (Å²) in [7, 11) is 0. The SMILES string of the molecule is FC(F)(F)c1cc(NCc2cc(Br)c(Cl)s2)ccc1Br. The molecule has 0 spiro atoms. The highest BCUT2D eigenvalue weighted by atomic mass is 79.9. The molecule has 1 aromatic heterocycles. The standard InChI is InChI=1S/C12H7Br2ClF3NS/c13-9-2-1-6(3-8(9)12(16,17)18)19-5-7-4-10(14)11(15)20-7/h1-4,19H,5H2. The Morgan fingerprint density at radius 1 is 1.15 bits per heavy atom. The lowest BCUT2D eigenvalue weighted by atomic mass is 10.2. The maximum absolute atomic E-state index is 12.8. The summed E-state index contributed by atoms with van der Waals surface area (Å²) in [5, 5.41) is 2.95. The first-order valence-electron chi connectivity index (χ1n) is 5.31. The molecule has 0 bridgehead atoms. The summed E-state index contributed by atoms with van der Waals surface area (Å²) in [5.74, 6) is 0. The highest BCUT2D eigenvalue weighted by Crippen LogP contribution is 2.37. The van der Waals surface area contributed by atoms with E-state index in [1.54, 1.807) is 6.07 Å². The fraction of sp³-hybridized carbons (Fsp3) is 0.167. The van der Waals surface area contributed by atoms with Gasteiger partial charge in [0.25, 0.3) is 0 Å². The second kappa shape index (κ2) is 6.25. The molecular formula is C12H7Br2ClF3NS. The molecule has 2 rings (SSSR count). The molecular weight excluding hydrogens is 442 g/mol. The van der Waals surface area contributed by atoms with E-state index in [9.17, 15) is 13.2 Å². The Hall–Kier alpha value is -0.240. The van der Waals surface area contributed by atoms with Crippen molar-refractivity contribution in [3.05, 3.63) is 48.0 Å². The highest BCUT2D eigenvalue weighted by Gasteiger charge is 2.33. The molecule has 0 aliphatic heterocycles. The zero-order valence-electron chi connectivity index (χ0n) is 9.69. The summed E-state index contributed by atoms with van der Waals surface area (Å²) >= 11 is 13.5. The van der Waals surface area contributed by atoms with E-state index in [2.05, 4.69) is 37.2 Å². The first kappa shape index (κ1) is 16.1. The summed E-state index contributed by atoms with van der Waals surface area (Å²) in [6, 6.07) is 5.88. The van der Waals surface area contributed by atoms with Gasteiger partial charge in [-0.25, -0.2) is 0 Å². The summed E-state index contributed by atoms with van der Waals surface area (Å²) < 4.78 is 39.7. The number of hydrogen-bond donors (Lipinski definition) is 1. The van der Waals surface area contributed by atoms with Gasteiger partial charge >= 0.3 is 6.18 Å². The van der Waals surface area contributed by atoms with Crippen molar-refractivity contribution < 1.29 is 13.2 Å². The van der Waals surface area contributed by atoms with Crippen LogP contribution in [-0.4, -0.2) is 0 Å². The molecule has 0 atom stereocenters. The van der Waals surface area contributed by atoms with Crippen LogP contribution in [0, 0.1) is 0 Å². The smallest absolute Gasteiger partial charge is 0.380 e. The number of anilines is 1. The van der Waals surface area contributed by atoms with Crippen molar-refractivity contribution in [2.75, 3.05) is 5.32 Å². The molecule has 0 fully saturated rings. The molecule has 0 aliphatic carbocycles. The number of nitrogens with one attached hydrogen (secondary N) is 1. The van der Waals surface area contributed by atoms with Crippen molar-refractivity contribution in [1.29, 1.82) is 0 Å². The van der Waals surface area contributed by atoms with Crippen LogP contribution in [-0.2, 0) is 12.7 Å². The van der Waals surface area contributed by atoms with Crippen molar-refractivity contribution in [2.24, 2.45) is 0 Å². The number of hydrogen-bond acceptors (Lipinski definition) is 2. The highest BCUT2D eigenvalue weighted by molar-refractivity contribution is 9.10. The molecule has 0 amide bonds. The quantitative estimate of drug-likeness (QED) is 0.560. The molecule has 1 N–H and O–H groups in total. The molecule has 1 aromatic carbocycles. The third kappa shape index (κ3) is 3.90. The van der Waals surface area contributed by atoms with Gasteiger partial charge in [0.05, 0.1) is 5.56 Å². The second-order valence-electron chi connectivity index (χ2n) is 3.88. The van der Waals surface area contributed by atoms with Crippen molar-refractivity contribution in [2.45, 2.75) is 12.7 Å². The van der Waals surface area contributed by atoms with Gasteiger partial charge in [-0.2, -0.15) is 13.2 Å². The number of rotatable bonds is 3. The average Bonchev–Trinajstić information content (AvgIpc) is 2.66. The Kier molecular flexibility index (Phi) is 5.05. The van der Waals surface area contributed by atoms with Crippen LogP contribution < -0.4 is 5.32 Å². The zero-order chi connectivity index (χ0) is 14.9. The summed E-state index contributed by atoms with van der Waals surface area (Å²) in [5.41, 5.74) is -0.297. The van der Waals surface area contributed by atoms with Gasteiger partial charge in [0.15, 0.2) is 0 Å². The molecule has 108 valence electrons. The summed E-state index contributed by atoms with van der Waals surface area (Å²) in [6.07, 6.45) is -4.38. The Balaban J connectivity index is 2.14. The summed E-state index contributed by atoms with van der Waals surface area (Å²) in [4.78, 5) is 0.929. The van der Waals surface area contributed by atoms with E-state index in [1.165, 1.54) is 17.4 Å². The first-order chi connectivity index (χ1) is 9.27. The van der Waals surface area contributed by atoms with Crippen LogP contribution in [0.15, 0.2) is 33.2 Å². The predicted molar refractivity (Wildman–Crippen MR) is 83.5 cm³/mol. The number of benzene rings is 1. The van der Waals surface area contributed by atoms with Crippen LogP contribution in [0.4, 0.5) is 18.9 Å². The van der Waals surface area contributed by atoms with Gasteiger partial charge in [0.2, 0.25) is 0 Å². The lowest BCUT2D eigenvalue weighted by Crippen LogP contribution is -2.07. The molecule has 0 unspecified atom stereocenters. The van der Waals surface area contributed by atoms with E-state index in [0.717, 1.165) is 15.4 Å². The van der Waals surface area contributed by atoms with E-state index >= 15 is 0 Å². The fourth-order valence-electron chi connectivity index (χ4n) is 1.52. The summed E-state index contributed by atoms with van der Waals surface area (Å²) in [6.45, 7) is 0.412. The van der Waals surface area contributed by atoms with Gasteiger partial charge in [0.1, 0.15) is 4.34 Å². The van der Waals surface area contributed by atoms with E-state index < -0.39 is 11.7 Å². The third-order valence-corrected chi connectivity index (χ3v) is 5.60. The number of alkyl halides is 3. The van der Waals surface area contributed by atoms with Gasteiger partial charge in [-0.15, -0.1) is 11.3 Å². The van der Waals surface area contributed by atoms with Crippen molar-refractivity contribution in [3.63, 3.8) is 0 Å². The minimum atomic E-state index is -4.38. The lowest BCUT2D eigenvalue weighted by molar-refractivity contribution is -0.138. The number of thiophene rings is 1. The minimum absolute atomic E-state index is 0.0254. The zero-order valence-corrected chi connectivity index (χ0v) is 14.4. The van der Waals surface area contributed by atoms with Crippen LogP contribution in [0.1, 0.15) is 10.4 Å². The van der Waals surface area contributed by atoms with E-state index in [4.69, 9.17) is 11.6 Å². The lowest BCUT2D eigenvalue weighted by Gasteiger charge is -2.12. The minimum Gasteiger partial charge on any atom is -0.380 e. The normalized spacial score (nSPS) is 11.7. The van der Waals surface area contributed by atoms with Crippen molar-refractivity contribution in [1.82, 2.24) is 0 Å². The molecule has 0 saturated heterocycles. The first-order valence-corrected chi connectivity index (χ1v) is 8.10. The van der Waals surface area contributed by atoms with Crippen LogP contribution in [0.5, 0.6) is 0 Å². The fourth-order valence-corrected chi connectivity index (χ4v) is 3.72. The Morgan fingerprint density at radius 2 is 1.85 bits per heavy atom. The molecule has 1 heterocycles. The second-order valence-corrected chi connectivity index (χ2v) is 7.33. The topological polar surface area (TPSA) is 12.0 Å².